The second-order valence-corrected chi connectivity index (χ2v) is 6.71. The Morgan fingerprint density at radius 2 is 1.86 bits per heavy atom. The molecule has 3 nitrogen and oxygen atoms in total. The molecule has 1 heterocycles. The zero-order valence-corrected chi connectivity index (χ0v) is 14.3. The van der Waals surface area contributed by atoms with Crippen LogP contribution in [0.4, 0.5) is 0 Å². The molecule has 2 rings (SSSR count). The molecule has 0 amide bonds. The van der Waals surface area contributed by atoms with E-state index in [4.69, 9.17) is 4.74 Å². The lowest BCUT2D eigenvalue weighted by molar-refractivity contribution is 0.301. The molecule has 0 bridgehead atoms. The molecule has 2 aromatic rings. The molecule has 0 saturated heterocycles. The molecule has 0 aliphatic heterocycles. The minimum absolute atomic E-state index is 0.495. The third-order valence-corrected chi connectivity index (χ3v) is 4.18. The van der Waals surface area contributed by atoms with Crippen LogP contribution in [0.25, 0.3) is 0 Å². The van der Waals surface area contributed by atoms with Gasteiger partial charge in [0.25, 0.3) is 0 Å². The van der Waals surface area contributed by atoms with Gasteiger partial charge in [0.15, 0.2) is 0 Å². The Bertz CT molecular complexity index is 582. The molecule has 0 saturated carbocycles. The van der Waals surface area contributed by atoms with Gasteiger partial charge in [-0.25, -0.2) is 4.98 Å². The van der Waals surface area contributed by atoms with Crippen molar-refractivity contribution in [1.82, 2.24) is 10.3 Å². The summed E-state index contributed by atoms with van der Waals surface area (Å²) in [4.78, 5) is 4.43. The second-order valence-electron chi connectivity index (χ2n) is 5.77. The van der Waals surface area contributed by atoms with E-state index >= 15 is 0 Å². The maximum absolute atomic E-state index is 5.98. The first-order valence-corrected chi connectivity index (χ1v) is 8.21. The molecule has 21 heavy (non-hydrogen) atoms. The van der Waals surface area contributed by atoms with Crippen molar-refractivity contribution in [3.05, 3.63) is 44.9 Å². The summed E-state index contributed by atoms with van der Waals surface area (Å²) in [5.41, 5.74) is 4.73. The average molecular weight is 304 g/mol. The number of hydrogen-bond acceptors (Lipinski definition) is 4. The number of nitrogens with one attached hydrogen (secondary N) is 1. The Labute approximate surface area is 131 Å². The minimum atomic E-state index is 0.495. The Kier molecular flexibility index (Phi) is 5.37. The standard InChI is InChI=1S/C17H24N2OS/c1-11(2)18-8-15-6-12(3)17(13(4)7-15)20-9-16-19-14(5)10-21-16/h6-7,10-11,18H,8-9H2,1-5H3. The van der Waals surface area contributed by atoms with E-state index < -0.39 is 0 Å². The normalized spacial score (nSPS) is 11.1. The van der Waals surface area contributed by atoms with Crippen molar-refractivity contribution >= 4 is 11.3 Å². The van der Waals surface area contributed by atoms with Gasteiger partial charge in [-0.3, -0.25) is 0 Å². The number of ether oxygens (including phenoxy) is 1. The topological polar surface area (TPSA) is 34.1 Å². The number of rotatable bonds is 6. The fourth-order valence-electron chi connectivity index (χ4n) is 2.29. The summed E-state index contributed by atoms with van der Waals surface area (Å²) < 4.78 is 5.98. The molecule has 0 fully saturated rings. The van der Waals surface area contributed by atoms with E-state index in [1.807, 2.05) is 6.92 Å². The number of nitrogens with zero attached hydrogens (tertiary/aromatic N) is 1. The van der Waals surface area contributed by atoms with Gasteiger partial charge in [-0.1, -0.05) is 26.0 Å². The summed E-state index contributed by atoms with van der Waals surface area (Å²) in [5, 5.41) is 6.53. The SMILES string of the molecule is Cc1csc(COc2c(C)cc(CNC(C)C)cc2C)n1. The fraction of sp³-hybridized carbons (Fsp3) is 0.471. The molecule has 0 aliphatic carbocycles. The van der Waals surface area contributed by atoms with Crippen molar-refractivity contribution in [2.24, 2.45) is 0 Å². The van der Waals surface area contributed by atoms with Crippen LogP contribution < -0.4 is 10.1 Å². The van der Waals surface area contributed by atoms with Gasteiger partial charge in [0.1, 0.15) is 17.4 Å². The van der Waals surface area contributed by atoms with E-state index in [-0.39, 0.29) is 0 Å². The zero-order chi connectivity index (χ0) is 15.4. The molecular weight excluding hydrogens is 280 g/mol. The monoisotopic (exact) mass is 304 g/mol. The van der Waals surface area contributed by atoms with E-state index in [0.717, 1.165) is 23.0 Å². The maximum Gasteiger partial charge on any atom is 0.140 e. The van der Waals surface area contributed by atoms with Crippen LogP contribution in [0.3, 0.4) is 0 Å². The molecule has 114 valence electrons. The summed E-state index contributed by atoms with van der Waals surface area (Å²) in [6.45, 7) is 12.0. The number of hydrogen-bond donors (Lipinski definition) is 1. The molecule has 0 unspecified atom stereocenters. The van der Waals surface area contributed by atoms with Gasteiger partial charge in [-0.15, -0.1) is 11.3 Å². The molecule has 1 N–H and O–H groups in total. The average Bonchev–Trinajstić information content (AvgIpc) is 2.81. The van der Waals surface area contributed by atoms with Crippen molar-refractivity contribution in [2.75, 3.05) is 0 Å². The zero-order valence-electron chi connectivity index (χ0n) is 13.5. The van der Waals surface area contributed by atoms with Crippen LogP contribution in [0.2, 0.25) is 0 Å². The summed E-state index contributed by atoms with van der Waals surface area (Å²) in [6.07, 6.45) is 0. The van der Waals surface area contributed by atoms with Crippen LogP contribution in [-0.4, -0.2) is 11.0 Å². The third kappa shape index (κ3) is 4.55. The van der Waals surface area contributed by atoms with Crippen LogP contribution in [0, 0.1) is 20.8 Å². The van der Waals surface area contributed by atoms with Crippen LogP contribution >= 0.6 is 11.3 Å². The lowest BCUT2D eigenvalue weighted by Crippen LogP contribution is -2.21. The van der Waals surface area contributed by atoms with Gasteiger partial charge in [0.2, 0.25) is 0 Å². The van der Waals surface area contributed by atoms with E-state index in [1.165, 1.54) is 16.7 Å². The minimum Gasteiger partial charge on any atom is -0.486 e. The van der Waals surface area contributed by atoms with Crippen molar-refractivity contribution in [3.8, 4) is 5.75 Å². The second kappa shape index (κ2) is 7.05. The summed E-state index contributed by atoms with van der Waals surface area (Å²) in [5.74, 6) is 0.983. The number of thiazole rings is 1. The predicted octanol–water partition coefficient (Wildman–Crippen LogP) is 4.15. The molecule has 4 heteroatoms. The summed E-state index contributed by atoms with van der Waals surface area (Å²) >= 11 is 1.65. The Morgan fingerprint density at radius 1 is 1.19 bits per heavy atom. The van der Waals surface area contributed by atoms with Crippen molar-refractivity contribution < 1.29 is 4.74 Å². The maximum atomic E-state index is 5.98. The first kappa shape index (κ1) is 16.0. The van der Waals surface area contributed by atoms with Crippen LogP contribution in [0.5, 0.6) is 5.75 Å². The fourth-order valence-corrected chi connectivity index (χ4v) is 2.98. The van der Waals surface area contributed by atoms with E-state index in [9.17, 15) is 0 Å². The van der Waals surface area contributed by atoms with E-state index in [2.05, 4.69) is 55.5 Å². The van der Waals surface area contributed by atoms with Gasteiger partial charge in [-0.2, -0.15) is 0 Å². The largest absolute Gasteiger partial charge is 0.486 e. The number of benzene rings is 1. The highest BCUT2D eigenvalue weighted by Crippen LogP contribution is 2.26. The number of aromatic nitrogens is 1. The quantitative estimate of drug-likeness (QED) is 0.870. The first-order chi connectivity index (χ1) is 9.95. The van der Waals surface area contributed by atoms with Crippen molar-refractivity contribution in [2.45, 2.75) is 53.8 Å². The number of aryl methyl sites for hydroxylation is 3. The van der Waals surface area contributed by atoms with Crippen LogP contribution in [-0.2, 0) is 13.2 Å². The Balaban J connectivity index is 2.06. The summed E-state index contributed by atoms with van der Waals surface area (Å²) in [7, 11) is 0. The predicted molar refractivity (Wildman–Crippen MR) is 89.1 cm³/mol. The molecule has 1 aromatic carbocycles. The lowest BCUT2D eigenvalue weighted by atomic mass is 10.1. The highest BCUT2D eigenvalue weighted by atomic mass is 32.1. The first-order valence-electron chi connectivity index (χ1n) is 7.33. The van der Waals surface area contributed by atoms with Gasteiger partial charge >= 0.3 is 0 Å². The Hall–Kier alpha value is -1.39. The third-order valence-electron chi connectivity index (χ3n) is 3.24. The smallest absolute Gasteiger partial charge is 0.140 e. The van der Waals surface area contributed by atoms with Gasteiger partial charge < -0.3 is 10.1 Å². The highest BCUT2D eigenvalue weighted by molar-refractivity contribution is 7.09. The highest BCUT2D eigenvalue weighted by Gasteiger charge is 2.08. The summed E-state index contributed by atoms with van der Waals surface area (Å²) in [6, 6.07) is 4.89. The van der Waals surface area contributed by atoms with Crippen molar-refractivity contribution in [1.29, 1.82) is 0 Å². The van der Waals surface area contributed by atoms with E-state index in [0.29, 0.717) is 12.6 Å². The molecule has 0 atom stereocenters. The van der Waals surface area contributed by atoms with Gasteiger partial charge in [-0.05, 0) is 37.5 Å². The van der Waals surface area contributed by atoms with Crippen LogP contribution in [0.15, 0.2) is 17.5 Å². The molecular formula is C17H24N2OS. The molecule has 0 spiro atoms. The molecule has 1 aromatic heterocycles. The Morgan fingerprint density at radius 3 is 2.38 bits per heavy atom. The van der Waals surface area contributed by atoms with E-state index in [1.54, 1.807) is 11.3 Å². The van der Waals surface area contributed by atoms with Gasteiger partial charge in [0.05, 0.1) is 0 Å². The molecule has 0 radical (unpaired) electrons. The van der Waals surface area contributed by atoms with Gasteiger partial charge in [0, 0.05) is 23.7 Å². The van der Waals surface area contributed by atoms with Crippen LogP contribution in [0.1, 0.15) is 41.2 Å². The lowest BCUT2D eigenvalue weighted by Gasteiger charge is -2.14. The van der Waals surface area contributed by atoms with Crippen molar-refractivity contribution in [3.63, 3.8) is 0 Å². The molecule has 0 aliphatic rings.